The van der Waals surface area contributed by atoms with Crippen molar-refractivity contribution in [2.75, 3.05) is 31.7 Å². The highest BCUT2D eigenvalue weighted by molar-refractivity contribution is 9.10. The lowest BCUT2D eigenvalue weighted by Crippen LogP contribution is -2.47. The van der Waals surface area contributed by atoms with E-state index in [2.05, 4.69) is 20.8 Å². The van der Waals surface area contributed by atoms with Crippen LogP contribution in [0.2, 0.25) is 0 Å². The van der Waals surface area contributed by atoms with Gasteiger partial charge in [-0.2, -0.15) is 0 Å². The number of ether oxygens (including phenoxy) is 2. The number of hydrogen-bond acceptors (Lipinski definition) is 3. The predicted octanol–water partition coefficient (Wildman–Crippen LogP) is 4.88. The molecule has 0 N–H and O–H groups in total. The van der Waals surface area contributed by atoms with E-state index in [4.69, 9.17) is 9.47 Å². The molecule has 3 rings (SSSR count). The third-order valence-corrected chi connectivity index (χ3v) is 4.83. The molecule has 1 heterocycles. The lowest BCUT2D eigenvalue weighted by atomic mass is 9.92. The Balaban J connectivity index is 1.98. The molecule has 0 saturated heterocycles. The summed E-state index contributed by atoms with van der Waals surface area (Å²) >= 11 is 3.49. The lowest BCUT2D eigenvalue weighted by Gasteiger charge is -2.43. The maximum absolute atomic E-state index is 13.7. The molecule has 1 aliphatic rings. The highest BCUT2D eigenvalue weighted by atomic mass is 79.9. The first-order chi connectivity index (χ1) is 11.9. The molecule has 6 heteroatoms. The third-order valence-electron chi connectivity index (χ3n) is 4.34. The smallest absolute Gasteiger partial charge is 0.149 e. The van der Waals surface area contributed by atoms with Crippen LogP contribution in [0.25, 0.3) is 0 Å². The molecule has 0 aromatic heterocycles. The predicted molar refractivity (Wildman–Crippen MR) is 97.2 cm³/mol. The molecule has 0 aliphatic carbocycles. The summed E-state index contributed by atoms with van der Waals surface area (Å²) < 4.78 is 39.7. The van der Waals surface area contributed by atoms with Crippen LogP contribution in [0, 0.1) is 11.6 Å². The second-order valence-electron chi connectivity index (χ2n) is 6.37. The van der Waals surface area contributed by atoms with Gasteiger partial charge in [0.15, 0.2) is 0 Å². The number of nitrogens with zero attached hydrogens (tertiary/aromatic N) is 1. The minimum absolute atomic E-state index is 0.482. The summed E-state index contributed by atoms with van der Waals surface area (Å²) in [5.41, 5.74) is 0.590. The fourth-order valence-electron chi connectivity index (χ4n) is 3.16. The van der Waals surface area contributed by atoms with Crippen molar-refractivity contribution in [1.29, 1.82) is 0 Å². The van der Waals surface area contributed by atoms with Crippen LogP contribution in [-0.2, 0) is 10.3 Å². The molecule has 1 atom stereocenters. The largest absolute Gasteiger partial charge is 0.479 e. The summed E-state index contributed by atoms with van der Waals surface area (Å²) in [6.07, 6.45) is 0.843. The fraction of sp³-hybridized carbons (Fsp3) is 0.368. The zero-order valence-electron chi connectivity index (χ0n) is 14.2. The zero-order chi connectivity index (χ0) is 18.0. The molecule has 134 valence electrons. The molecule has 1 aliphatic heterocycles. The summed E-state index contributed by atoms with van der Waals surface area (Å²) in [4.78, 5) is 2.17. The van der Waals surface area contributed by atoms with Crippen molar-refractivity contribution >= 4 is 21.6 Å². The van der Waals surface area contributed by atoms with Crippen LogP contribution in [-0.4, -0.2) is 26.8 Å². The molecule has 0 radical (unpaired) electrons. The highest BCUT2D eigenvalue weighted by Crippen LogP contribution is 2.42. The molecule has 0 fully saturated rings. The van der Waals surface area contributed by atoms with E-state index >= 15 is 0 Å². The second kappa shape index (κ2) is 7.30. The number of hydrogen-bond donors (Lipinski definition) is 0. The monoisotopic (exact) mass is 411 g/mol. The van der Waals surface area contributed by atoms with E-state index in [0.717, 1.165) is 29.2 Å². The van der Waals surface area contributed by atoms with Gasteiger partial charge in [0.1, 0.15) is 23.0 Å². The minimum atomic E-state index is -0.850. The Morgan fingerprint density at radius 2 is 1.92 bits per heavy atom. The van der Waals surface area contributed by atoms with Gasteiger partial charge >= 0.3 is 0 Å². The Labute approximate surface area is 154 Å². The number of fused-ring (bicyclic) bond motifs is 1. The van der Waals surface area contributed by atoms with E-state index in [1.165, 1.54) is 12.1 Å². The van der Waals surface area contributed by atoms with Gasteiger partial charge in [-0.05, 0) is 43.7 Å². The molecular weight excluding hydrogens is 392 g/mol. The van der Waals surface area contributed by atoms with Gasteiger partial charge in [-0.3, -0.25) is 0 Å². The van der Waals surface area contributed by atoms with E-state index in [9.17, 15) is 8.78 Å². The quantitative estimate of drug-likeness (QED) is 0.654. The number of halogens is 3. The molecule has 25 heavy (non-hydrogen) atoms. The molecule has 2 aromatic rings. The molecule has 0 spiro atoms. The van der Waals surface area contributed by atoms with Gasteiger partial charge in [-0.15, -0.1) is 0 Å². The Morgan fingerprint density at radius 3 is 2.60 bits per heavy atom. The zero-order valence-corrected chi connectivity index (χ0v) is 15.8. The van der Waals surface area contributed by atoms with E-state index in [1.54, 1.807) is 7.11 Å². The third kappa shape index (κ3) is 3.96. The van der Waals surface area contributed by atoms with E-state index < -0.39 is 17.2 Å². The molecule has 0 bridgehead atoms. The molecular formula is C19H20BrF2NO2. The first-order valence-electron chi connectivity index (χ1n) is 8.10. The Bertz CT molecular complexity index is 751. The first-order valence-corrected chi connectivity index (χ1v) is 8.89. The van der Waals surface area contributed by atoms with Gasteiger partial charge in [0.25, 0.3) is 0 Å². The van der Waals surface area contributed by atoms with Crippen LogP contribution in [0.4, 0.5) is 14.5 Å². The van der Waals surface area contributed by atoms with Crippen molar-refractivity contribution < 1.29 is 18.3 Å². The highest BCUT2D eigenvalue weighted by Gasteiger charge is 2.38. The normalized spacial score (nSPS) is 19.5. The topological polar surface area (TPSA) is 21.7 Å². The number of rotatable bonds is 5. The van der Waals surface area contributed by atoms with Gasteiger partial charge in [-0.25, -0.2) is 8.78 Å². The average Bonchev–Trinajstić information content (AvgIpc) is 2.55. The van der Waals surface area contributed by atoms with E-state index in [1.807, 2.05) is 25.1 Å². The lowest BCUT2D eigenvalue weighted by molar-refractivity contribution is 0.0815. The fourth-order valence-corrected chi connectivity index (χ4v) is 3.51. The molecule has 0 amide bonds. The van der Waals surface area contributed by atoms with Crippen molar-refractivity contribution in [3.8, 4) is 5.75 Å². The number of benzene rings is 2. The summed E-state index contributed by atoms with van der Waals surface area (Å²) in [5, 5.41) is 0. The summed E-state index contributed by atoms with van der Waals surface area (Å²) in [5.74, 6) is -0.515. The van der Waals surface area contributed by atoms with E-state index in [-0.39, 0.29) is 0 Å². The van der Waals surface area contributed by atoms with Crippen LogP contribution in [0.5, 0.6) is 5.75 Å². The van der Waals surface area contributed by atoms with Crippen LogP contribution in [0.1, 0.15) is 18.9 Å². The Kier molecular flexibility index (Phi) is 5.29. The van der Waals surface area contributed by atoms with Crippen molar-refractivity contribution in [3.05, 3.63) is 58.1 Å². The van der Waals surface area contributed by atoms with Crippen molar-refractivity contribution in [2.45, 2.75) is 18.9 Å². The van der Waals surface area contributed by atoms with Gasteiger partial charge in [-0.1, -0.05) is 15.9 Å². The van der Waals surface area contributed by atoms with Gasteiger partial charge < -0.3 is 14.4 Å². The molecule has 0 saturated carbocycles. The Morgan fingerprint density at radius 1 is 1.20 bits per heavy atom. The number of anilines is 1. The minimum Gasteiger partial charge on any atom is -0.479 e. The summed E-state index contributed by atoms with van der Waals surface area (Å²) in [6, 6.07) is 9.30. The van der Waals surface area contributed by atoms with E-state index in [0.29, 0.717) is 24.5 Å². The second-order valence-corrected chi connectivity index (χ2v) is 7.29. The molecule has 1 unspecified atom stereocenters. The van der Waals surface area contributed by atoms with Crippen molar-refractivity contribution in [3.63, 3.8) is 0 Å². The van der Waals surface area contributed by atoms with Crippen LogP contribution >= 0.6 is 15.9 Å². The maximum atomic E-state index is 13.7. The summed E-state index contributed by atoms with van der Waals surface area (Å²) in [7, 11) is 1.67. The average molecular weight is 412 g/mol. The van der Waals surface area contributed by atoms with Crippen LogP contribution in [0.15, 0.2) is 40.9 Å². The van der Waals surface area contributed by atoms with Gasteiger partial charge in [0.2, 0.25) is 0 Å². The molecule has 2 aromatic carbocycles. The van der Waals surface area contributed by atoms with Crippen molar-refractivity contribution in [2.24, 2.45) is 0 Å². The SMILES string of the molecule is COCCCN1CC(C)(c2cc(F)cc(F)c2)Oc2ccc(Br)cc21. The van der Waals surface area contributed by atoms with Crippen molar-refractivity contribution in [1.82, 2.24) is 0 Å². The molecule has 3 nitrogen and oxygen atoms in total. The van der Waals surface area contributed by atoms with Gasteiger partial charge in [0.05, 0.1) is 12.2 Å². The van der Waals surface area contributed by atoms with Crippen LogP contribution in [0.3, 0.4) is 0 Å². The van der Waals surface area contributed by atoms with Gasteiger partial charge in [0, 0.05) is 36.4 Å². The summed E-state index contributed by atoms with van der Waals surface area (Å²) in [6.45, 7) is 3.75. The van der Waals surface area contributed by atoms with Crippen LogP contribution < -0.4 is 9.64 Å². The Hall–Kier alpha value is -1.66. The standard InChI is InChI=1S/C19H20BrF2NO2/c1-19(13-8-15(21)11-16(22)9-13)12-23(6-3-7-24-2)17-10-14(20)4-5-18(17)25-19/h4-5,8-11H,3,6-7,12H2,1-2H3. The number of methoxy groups -OCH3 is 1. The first kappa shape index (κ1) is 18.1. The maximum Gasteiger partial charge on any atom is 0.149 e.